The Labute approximate surface area is 128 Å². The van der Waals surface area contributed by atoms with Gasteiger partial charge < -0.3 is 9.47 Å². The van der Waals surface area contributed by atoms with Crippen LogP contribution >= 0.6 is 22.6 Å². The summed E-state index contributed by atoms with van der Waals surface area (Å²) < 4.78 is 11.1. The molecule has 0 atom stereocenters. The second-order valence-electron chi connectivity index (χ2n) is 6.17. The van der Waals surface area contributed by atoms with Crippen LogP contribution in [0.1, 0.15) is 40.5 Å². The third-order valence-corrected chi connectivity index (χ3v) is 3.99. The van der Waals surface area contributed by atoms with Crippen molar-refractivity contribution < 1.29 is 19.5 Å². The van der Waals surface area contributed by atoms with E-state index >= 15 is 0 Å². The molecular weight excluding hydrogens is 361 g/mol. The summed E-state index contributed by atoms with van der Waals surface area (Å²) in [6.45, 7) is 8.42. The summed E-state index contributed by atoms with van der Waals surface area (Å²) in [7, 11) is 0. The highest BCUT2D eigenvalue weighted by atomic mass is 127. The number of hydrogen-bond acceptors (Lipinski definition) is 4. The molecule has 1 aliphatic rings. The molecule has 6 heteroatoms. The third-order valence-electron chi connectivity index (χ3n) is 3.36. The number of hydrogen-bond donors (Lipinski definition) is 0. The van der Waals surface area contributed by atoms with Crippen LogP contribution in [-0.2, 0) is 19.5 Å². The lowest BCUT2D eigenvalue weighted by atomic mass is 9.80. The lowest BCUT2D eigenvalue weighted by Gasteiger charge is -2.49. The quantitative estimate of drug-likeness (QED) is 0.316. The Morgan fingerprint density at radius 2 is 1.74 bits per heavy atom. The molecule has 0 aliphatic carbocycles. The Bertz CT molecular complexity index is 302. The molecule has 0 unspecified atom stereocenters. The van der Waals surface area contributed by atoms with Crippen LogP contribution in [0.15, 0.2) is 0 Å². The number of ether oxygens (including phenoxy) is 2. The maximum absolute atomic E-state index is 12.2. The van der Waals surface area contributed by atoms with Gasteiger partial charge in [-0.15, -0.1) is 10.3 Å². The molecule has 0 aromatic rings. The molecule has 19 heavy (non-hydrogen) atoms. The van der Waals surface area contributed by atoms with Crippen molar-refractivity contribution in [1.29, 1.82) is 0 Å². The number of carbonyl (C=O) groups excluding carboxylic acids is 1. The summed E-state index contributed by atoms with van der Waals surface area (Å²) in [5, 5.41) is 13.3. The number of alkyl halides is 1. The fraction of sp³-hybridized carbons (Fsp3) is 0.923. The predicted molar refractivity (Wildman–Crippen MR) is 79.5 cm³/mol. The maximum atomic E-state index is 12.2. The van der Waals surface area contributed by atoms with E-state index in [0.29, 0.717) is 23.9 Å². The van der Waals surface area contributed by atoms with Gasteiger partial charge in [0.05, 0.1) is 17.1 Å². The zero-order valence-electron chi connectivity index (χ0n) is 12.1. The Hall–Kier alpha value is 0.0800. The van der Waals surface area contributed by atoms with Crippen molar-refractivity contribution in [1.82, 2.24) is 5.06 Å². The smallest absolute Gasteiger partial charge is 0.315 e. The van der Waals surface area contributed by atoms with Gasteiger partial charge in [0.15, 0.2) is 0 Å². The third kappa shape index (κ3) is 4.84. The van der Waals surface area contributed by atoms with Gasteiger partial charge in [-0.2, -0.15) is 0 Å². The number of rotatable bonds is 5. The molecule has 1 radical (unpaired) electrons. The Morgan fingerprint density at radius 1 is 1.21 bits per heavy atom. The molecule has 5 nitrogen and oxygen atoms in total. The maximum Gasteiger partial charge on any atom is 0.315 e. The number of hydroxylamine groups is 2. The molecule has 1 rings (SSSR count). The first kappa shape index (κ1) is 17.1. The van der Waals surface area contributed by atoms with Crippen LogP contribution in [0.25, 0.3) is 0 Å². The summed E-state index contributed by atoms with van der Waals surface area (Å²) in [4.78, 5) is 11.0. The predicted octanol–water partition coefficient (Wildman–Crippen LogP) is 2.35. The number of carbonyl (C=O) groups is 1. The molecule has 111 valence electrons. The van der Waals surface area contributed by atoms with E-state index < -0.39 is 11.1 Å². The lowest BCUT2D eigenvalue weighted by molar-refractivity contribution is -0.301. The van der Waals surface area contributed by atoms with Gasteiger partial charge in [-0.1, -0.05) is 22.6 Å². The zero-order chi connectivity index (χ0) is 14.7. The van der Waals surface area contributed by atoms with Gasteiger partial charge in [0.2, 0.25) is 0 Å². The molecule has 0 saturated carbocycles. The fourth-order valence-electron chi connectivity index (χ4n) is 2.70. The second kappa shape index (κ2) is 6.69. The highest BCUT2D eigenvalue weighted by Crippen LogP contribution is 2.38. The summed E-state index contributed by atoms with van der Waals surface area (Å²) in [6, 6.07) is 0. The lowest BCUT2D eigenvalue weighted by Crippen LogP contribution is -2.59. The number of halogens is 1. The minimum atomic E-state index is -0.425. The molecule has 0 aromatic carbocycles. The molecular formula is C13H23INO4. The first-order valence-corrected chi connectivity index (χ1v) is 8.02. The Balaban J connectivity index is 2.41. The van der Waals surface area contributed by atoms with Crippen LogP contribution in [0.3, 0.4) is 0 Å². The van der Waals surface area contributed by atoms with Crippen LogP contribution < -0.4 is 0 Å². The molecule has 1 aliphatic heterocycles. The molecule has 0 spiro atoms. The number of esters is 1. The van der Waals surface area contributed by atoms with Gasteiger partial charge in [0.1, 0.15) is 6.61 Å². The normalized spacial score (nSPS) is 23.3. The molecule has 0 N–H and O–H groups in total. The van der Waals surface area contributed by atoms with Crippen molar-refractivity contribution in [3.63, 3.8) is 0 Å². The molecule has 0 aromatic heterocycles. The second-order valence-corrected chi connectivity index (χ2v) is 6.94. The van der Waals surface area contributed by atoms with Crippen molar-refractivity contribution in [2.45, 2.75) is 57.7 Å². The highest BCUT2D eigenvalue weighted by Gasteiger charge is 2.46. The monoisotopic (exact) mass is 384 g/mol. The van der Waals surface area contributed by atoms with Gasteiger partial charge in [-0.05, 0) is 40.5 Å². The van der Waals surface area contributed by atoms with Crippen LogP contribution in [0.5, 0.6) is 0 Å². The number of nitrogens with zero attached hydrogens (tertiary/aromatic N) is 1. The van der Waals surface area contributed by atoms with Crippen molar-refractivity contribution in [2.24, 2.45) is 0 Å². The molecule has 1 heterocycles. The van der Waals surface area contributed by atoms with Crippen LogP contribution in [0, 0.1) is 0 Å². The Kier molecular flexibility index (Phi) is 6.03. The largest absolute Gasteiger partial charge is 0.463 e. The van der Waals surface area contributed by atoms with E-state index in [2.05, 4.69) is 0 Å². The van der Waals surface area contributed by atoms with Gasteiger partial charge in [-0.25, -0.2) is 0 Å². The molecule has 0 amide bonds. The van der Waals surface area contributed by atoms with Crippen LogP contribution in [0.2, 0.25) is 0 Å². The van der Waals surface area contributed by atoms with Gasteiger partial charge in [0.25, 0.3) is 0 Å². The minimum absolute atomic E-state index is 0.0357. The highest BCUT2D eigenvalue weighted by molar-refractivity contribution is 14.1. The summed E-state index contributed by atoms with van der Waals surface area (Å²) in [6.07, 6.45) is 1.42. The average molecular weight is 384 g/mol. The molecule has 1 fully saturated rings. The van der Waals surface area contributed by atoms with E-state index in [1.807, 2.05) is 50.3 Å². The van der Waals surface area contributed by atoms with E-state index in [1.165, 1.54) is 5.06 Å². The standard InChI is InChI=1S/C13H23INO4/c1-12(2)7-10(8-13(3,4)15(12)17)18-5-6-19-11(16)9-14/h10H,5-9H2,1-4H3. The summed E-state index contributed by atoms with van der Waals surface area (Å²) >= 11 is 1.96. The van der Waals surface area contributed by atoms with Crippen molar-refractivity contribution in [2.75, 3.05) is 17.6 Å². The van der Waals surface area contributed by atoms with Crippen molar-refractivity contribution in [3.05, 3.63) is 0 Å². The minimum Gasteiger partial charge on any atom is -0.463 e. The van der Waals surface area contributed by atoms with Crippen LogP contribution in [0.4, 0.5) is 0 Å². The summed E-state index contributed by atoms with van der Waals surface area (Å²) in [5.74, 6) is -0.223. The zero-order valence-corrected chi connectivity index (χ0v) is 14.2. The number of piperidine rings is 1. The van der Waals surface area contributed by atoms with E-state index in [1.54, 1.807) is 0 Å². The van der Waals surface area contributed by atoms with Gasteiger partial charge >= 0.3 is 5.97 Å². The van der Waals surface area contributed by atoms with E-state index in [0.717, 1.165) is 0 Å². The van der Waals surface area contributed by atoms with Gasteiger partial charge in [0, 0.05) is 11.1 Å². The fourth-order valence-corrected chi connectivity index (χ4v) is 2.92. The van der Waals surface area contributed by atoms with Crippen molar-refractivity contribution in [3.8, 4) is 0 Å². The van der Waals surface area contributed by atoms with E-state index in [4.69, 9.17) is 9.47 Å². The van der Waals surface area contributed by atoms with E-state index in [9.17, 15) is 10.0 Å². The van der Waals surface area contributed by atoms with E-state index in [-0.39, 0.29) is 18.7 Å². The van der Waals surface area contributed by atoms with Crippen molar-refractivity contribution >= 4 is 28.6 Å². The Morgan fingerprint density at radius 3 is 2.21 bits per heavy atom. The first-order valence-electron chi connectivity index (χ1n) is 6.50. The first-order chi connectivity index (χ1) is 8.69. The molecule has 1 saturated heterocycles. The SMILES string of the molecule is CC1(C)CC(OCCOC(=O)CI)CC(C)(C)N1[O]. The summed E-state index contributed by atoms with van der Waals surface area (Å²) in [5.41, 5.74) is -0.851. The van der Waals surface area contributed by atoms with Crippen LogP contribution in [-0.4, -0.2) is 45.9 Å². The van der Waals surface area contributed by atoms with Gasteiger partial charge in [-0.3, -0.25) is 4.79 Å². The molecule has 0 bridgehead atoms. The topological polar surface area (TPSA) is 58.7 Å². The average Bonchev–Trinajstić information content (AvgIpc) is 2.30.